The van der Waals surface area contributed by atoms with Crippen LogP contribution in [0.15, 0.2) is 146 Å². The van der Waals surface area contributed by atoms with E-state index in [9.17, 15) is 14.3 Å². The van der Waals surface area contributed by atoms with Crippen LogP contribution in [0.4, 0.5) is 0 Å². The Bertz CT molecular complexity index is 1480. The largest absolute Gasteiger partial charge is 0.472 e. The first-order valence-corrected chi connectivity index (χ1v) is 25.8. The first kappa shape index (κ1) is 60.4. The molecule has 64 heavy (non-hydrogen) atoms. The van der Waals surface area contributed by atoms with E-state index in [1.807, 2.05) is 0 Å². The van der Waals surface area contributed by atoms with Crippen LogP contribution >= 0.6 is 7.82 Å². The summed E-state index contributed by atoms with van der Waals surface area (Å²) in [6, 6.07) is 0. The van der Waals surface area contributed by atoms with Gasteiger partial charge in [-0.15, -0.1) is 0 Å². The summed E-state index contributed by atoms with van der Waals surface area (Å²) >= 11 is 0. The van der Waals surface area contributed by atoms with E-state index in [-0.39, 0.29) is 38.8 Å². The minimum Gasteiger partial charge on any atom is -0.457 e. The molecule has 0 heterocycles. The van der Waals surface area contributed by atoms with Crippen molar-refractivity contribution in [2.45, 2.75) is 161 Å². The van der Waals surface area contributed by atoms with Crippen LogP contribution in [0, 0.1) is 0 Å². The van der Waals surface area contributed by atoms with E-state index in [0.717, 1.165) is 128 Å². The standard InChI is InChI=1S/C55H88NO7P/c1-3-5-7-9-11-13-15-17-19-21-23-24-25-26-27-28-29-31-33-35-37-39-41-43-45-47-50-60-52-54(53-62-64(58,59)61-51-49-56)63-55(57)48-46-44-42-40-38-36-34-32-30-22-20-18-16-14-12-10-8-6-4-2/h5-8,11-14,17-20,23-24,26-27,29-32,35-38,54H,3-4,9-10,15-16,21-22,25,28,33-34,39-53,56H2,1-2H3,(H,58,59)/b7-5-,8-6-,13-11-,14-12-,19-17-,20-18-,24-23-,27-26-,31-29-,32-30-,37-35-,38-36-. The van der Waals surface area contributed by atoms with Gasteiger partial charge in [-0.3, -0.25) is 13.8 Å². The number of unbranched alkanes of at least 4 members (excludes halogenated alkanes) is 7. The molecule has 2 atom stereocenters. The van der Waals surface area contributed by atoms with Crippen LogP contribution in [-0.4, -0.2) is 49.9 Å². The fourth-order valence-corrected chi connectivity index (χ4v) is 6.53. The van der Waals surface area contributed by atoms with Crippen molar-refractivity contribution in [3.05, 3.63) is 146 Å². The van der Waals surface area contributed by atoms with Crippen LogP contribution in [0.2, 0.25) is 0 Å². The average Bonchev–Trinajstić information content (AvgIpc) is 3.29. The van der Waals surface area contributed by atoms with E-state index >= 15 is 0 Å². The molecule has 360 valence electrons. The number of ether oxygens (including phenoxy) is 2. The van der Waals surface area contributed by atoms with Crippen molar-refractivity contribution in [3.8, 4) is 0 Å². The SMILES string of the molecule is CC/C=C\C/C=C\C/C=C\C/C=C\C/C=C\C/C=C\C/C=C\CCCCCCOCC(COP(=O)(O)OCCN)OC(=O)CCCCC/C=C\C/C=C\C/C=C\C/C=C\C/C=C\CC. The predicted octanol–water partition coefficient (Wildman–Crippen LogP) is 15.3. The molecule has 0 aliphatic heterocycles. The number of esters is 1. The molecule has 0 saturated carbocycles. The number of phosphoric acid groups is 1. The molecule has 0 rings (SSSR count). The molecule has 0 aliphatic rings. The first-order chi connectivity index (χ1) is 31.4. The fourth-order valence-electron chi connectivity index (χ4n) is 5.77. The van der Waals surface area contributed by atoms with Gasteiger partial charge in [0.25, 0.3) is 0 Å². The van der Waals surface area contributed by atoms with Gasteiger partial charge in [0.2, 0.25) is 0 Å². The second-order valence-electron chi connectivity index (χ2n) is 15.2. The summed E-state index contributed by atoms with van der Waals surface area (Å²) < 4.78 is 33.5. The van der Waals surface area contributed by atoms with Gasteiger partial charge in [0, 0.05) is 19.6 Å². The summed E-state index contributed by atoms with van der Waals surface area (Å²) in [6.07, 6.45) is 73.1. The highest BCUT2D eigenvalue weighted by molar-refractivity contribution is 7.47. The Hall–Kier alpha value is -3.62. The molecule has 2 unspecified atom stereocenters. The maximum Gasteiger partial charge on any atom is 0.472 e. The molecule has 8 nitrogen and oxygen atoms in total. The molecule has 0 spiro atoms. The van der Waals surface area contributed by atoms with Crippen molar-refractivity contribution in [1.29, 1.82) is 0 Å². The van der Waals surface area contributed by atoms with Crippen LogP contribution < -0.4 is 5.73 Å². The lowest BCUT2D eigenvalue weighted by atomic mass is 10.1. The van der Waals surface area contributed by atoms with Gasteiger partial charge in [-0.2, -0.15) is 0 Å². The van der Waals surface area contributed by atoms with Crippen molar-refractivity contribution >= 4 is 13.8 Å². The van der Waals surface area contributed by atoms with Gasteiger partial charge >= 0.3 is 13.8 Å². The van der Waals surface area contributed by atoms with Gasteiger partial charge in [-0.05, 0) is 116 Å². The molecule has 0 aromatic heterocycles. The monoisotopic (exact) mass is 906 g/mol. The molecule has 0 saturated heterocycles. The number of allylic oxidation sites excluding steroid dienone is 24. The van der Waals surface area contributed by atoms with Crippen molar-refractivity contribution in [2.24, 2.45) is 5.73 Å². The van der Waals surface area contributed by atoms with Crippen molar-refractivity contribution in [3.63, 3.8) is 0 Å². The Morgan fingerprint density at radius 1 is 0.469 bits per heavy atom. The number of carbonyl (C=O) groups excluding carboxylic acids is 1. The Morgan fingerprint density at radius 3 is 1.22 bits per heavy atom. The zero-order valence-corrected chi connectivity index (χ0v) is 40.8. The van der Waals surface area contributed by atoms with E-state index in [2.05, 4.69) is 160 Å². The van der Waals surface area contributed by atoms with Crippen LogP contribution in [0.3, 0.4) is 0 Å². The number of carbonyl (C=O) groups is 1. The van der Waals surface area contributed by atoms with Gasteiger partial charge in [0.05, 0.1) is 19.8 Å². The van der Waals surface area contributed by atoms with Gasteiger partial charge in [0.1, 0.15) is 6.10 Å². The average molecular weight is 906 g/mol. The van der Waals surface area contributed by atoms with Crippen LogP contribution in [0.25, 0.3) is 0 Å². The van der Waals surface area contributed by atoms with Crippen molar-refractivity contribution in [1.82, 2.24) is 0 Å². The third-order valence-corrected chi connectivity index (χ3v) is 10.2. The number of hydrogen-bond donors (Lipinski definition) is 2. The highest BCUT2D eigenvalue weighted by atomic mass is 31.2. The third kappa shape index (κ3) is 49.4. The van der Waals surface area contributed by atoms with E-state index < -0.39 is 13.9 Å². The molecule has 3 N–H and O–H groups in total. The van der Waals surface area contributed by atoms with Crippen molar-refractivity contribution < 1.29 is 32.8 Å². The molecular formula is C55H88NO7P. The van der Waals surface area contributed by atoms with Gasteiger partial charge in [-0.1, -0.05) is 179 Å². The minimum absolute atomic E-state index is 0.0734. The number of hydrogen-bond acceptors (Lipinski definition) is 7. The molecule has 0 aliphatic carbocycles. The zero-order chi connectivity index (χ0) is 46.5. The number of rotatable bonds is 44. The Kier molecular flexibility index (Phi) is 47.5. The molecule has 9 heteroatoms. The normalized spacial score (nSPS) is 14.6. The summed E-state index contributed by atoms with van der Waals surface area (Å²) in [6.45, 7) is 4.53. The summed E-state index contributed by atoms with van der Waals surface area (Å²) in [4.78, 5) is 22.6. The molecule has 0 aromatic rings. The van der Waals surface area contributed by atoms with E-state index in [1.165, 1.54) is 0 Å². The molecule has 0 aromatic carbocycles. The second-order valence-corrected chi connectivity index (χ2v) is 16.7. The minimum atomic E-state index is -4.31. The Balaban J connectivity index is 4.15. The molecule has 0 radical (unpaired) electrons. The summed E-state index contributed by atoms with van der Waals surface area (Å²) in [5, 5.41) is 0. The molecule has 0 bridgehead atoms. The summed E-state index contributed by atoms with van der Waals surface area (Å²) in [7, 11) is -4.31. The third-order valence-electron chi connectivity index (χ3n) is 9.25. The lowest BCUT2D eigenvalue weighted by Gasteiger charge is -2.20. The zero-order valence-electron chi connectivity index (χ0n) is 39.9. The smallest absolute Gasteiger partial charge is 0.457 e. The van der Waals surface area contributed by atoms with Gasteiger partial charge in [-0.25, -0.2) is 4.57 Å². The summed E-state index contributed by atoms with van der Waals surface area (Å²) in [5.41, 5.74) is 5.38. The van der Waals surface area contributed by atoms with E-state index in [0.29, 0.717) is 13.0 Å². The lowest BCUT2D eigenvalue weighted by Crippen LogP contribution is -2.28. The highest BCUT2D eigenvalue weighted by Gasteiger charge is 2.25. The fraction of sp³-hybridized carbons (Fsp3) is 0.545. The lowest BCUT2D eigenvalue weighted by molar-refractivity contribution is -0.154. The highest BCUT2D eigenvalue weighted by Crippen LogP contribution is 2.43. The van der Waals surface area contributed by atoms with Crippen molar-refractivity contribution in [2.75, 3.05) is 33.0 Å². The number of nitrogens with two attached hydrogens (primary N) is 1. The number of phosphoric ester groups is 1. The topological polar surface area (TPSA) is 117 Å². The maximum absolute atomic E-state index is 12.6. The predicted molar refractivity (Wildman–Crippen MR) is 274 cm³/mol. The van der Waals surface area contributed by atoms with Crippen LogP contribution in [0.1, 0.15) is 155 Å². The van der Waals surface area contributed by atoms with Gasteiger partial charge in [0.15, 0.2) is 0 Å². The first-order valence-electron chi connectivity index (χ1n) is 24.3. The van der Waals surface area contributed by atoms with Crippen LogP contribution in [-0.2, 0) is 27.9 Å². The quantitative estimate of drug-likeness (QED) is 0.0269. The van der Waals surface area contributed by atoms with Gasteiger partial charge < -0.3 is 20.1 Å². The molecule has 0 amide bonds. The Labute approximate surface area is 390 Å². The van der Waals surface area contributed by atoms with E-state index in [4.69, 9.17) is 24.3 Å². The van der Waals surface area contributed by atoms with E-state index in [1.54, 1.807) is 0 Å². The van der Waals surface area contributed by atoms with Crippen LogP contribution in [0.5, 0.6) is 0 Å². The summed E-state index contributed by atoms with van der Waals surface area (Å²) in [5.74, 6) is -0.378. The second kappa shape index (κ2) is 50.4. The molecular weight excluding hydrogens is 818 g/mol. The Morgan fingerprint density at radius 2 is 0.828 bits per heavy atom. The molecule has 0 fully saturated rings. The maximum atomic E-state index is 12.6.